The first kappa shape index (κ1) is 33.1. The lowest BCUT2D eigenvalue weighted by molar-refractivity contribution is -0.116. The standard InChI is InChI=1S/C31H33ClN6O3.C2H6/c1-5-40-29-16-26-23(15-27(29)36-30(39)9-7-13-38(3)4)31(21(17-33)18-35-26)37-25-11-10-22(14-24(25)32)41-19-28-20(2)8-6-12-34-28;1-2/h6,8,10-12,14-16,18H,5,7,9,13,19H2,1-4H3,(H,35,37)(H,36,39);1-2H3. The number of ether oxygens (including phenoxy) is 2. The molecule has 1 amide bonds. The van der Waals surface area contributed by atoms with Gasteiger partial charge in [-0.2, -0.15) is 5.26 Å². The van der Waals surface area contributed by atoms with Gasteiger partial charge in [0.2, 0.25) is 5.91 Å². The van der Waals surface area contributed by atoms with Crippen LogP contribution >= 0.6 is 11.6 Å². The Kier molecular flexibility index (Phi) is 12.6. The van der Waals surface area contributed by atoms with Gasteiger partial charge in [-0.1, -0.05) is 31.5 Å². The molecule has 0 aliphatic rings. The number of hydrogen-bond acceptors (Lipinski definition) is 8. The van der Waals surface area contributed by atoms with Crippen LogP contribution in [0.4, 0.5) is 17.1 Å². The van der Waals surface area contributed by atoms with Gasteiger partial charge < -0.3 is 25.0 Å². The van der Waals surface area contributed by atoms with E-state index in [4.69, 9.17) is 21.1 Å². The maximum absolute atomic E-state index is 12.7. The van der Waals surface area contributed by atoms with Gasteiger partial charge in [-0.3, -0.25) is 14.8 Å². The summed E-state index contributed by atoms with van der Waals surface area (Å²) in [7, 11) is 3.94. The first-order valence-electron chi connectivity index (χ1n) is 14.3. The highest BCUT2D eigenvalue weighted by molar-refractivity contribution is 6.33. The maximum atomic E-state index is 12.7. The van der Waals surface area contributed by atoms with Crippen molar-refractivity contribution >= 4 is 45.5 Å². The van der Waals surface area contributed by atoms with Gasteiger partial charge in [-0.05, 0) is 70.7 Å². The second kappa shape index (κ2) is 16.3. The van der Waals surface area contributed by atoms with Crippen LogP contribution < -0.4 is 20.1 Å². The molecule has 9 nitrogen and oxygen atoms in total. The molecule has 0 radical (unpaired) electrons. The van der Waals surface area contributed by atoms with Gasteiger partial charge in [-0.25, -0.2) is 0 Å². The number of carbonyl (C=O) groups is 1. The Balaban J connectivity index is 0.00000248. The zero-order valence-corrected chi connectivity index (χ0v) is 26.4. The van der Waals surface area contributed by atoms with Crippen molar-refractivity contribution in [2.75, 3.05) is 37.9 Å². The highest BCUT2D eigenvalue weighted by atomic mass is 35.5. The Labute approximate surface area is 258 Å². The van der Waals surface area contributed by atoms with Crippen molar-refractivity contribution in [1.82, 2.24) is 14.9 Å². The molecule has 0 unspecified atom stereocenters. The SMILES string of the molecule is CC.CCOc1cc2ncc(C#N)c(Nc3ccc(OCc4ncccc4C)cc3Cl)c2cc1NC(=O)CCCN(C)C. The molecule has 0 spiro atoms. The number of nitrogens with zero attached hydrogens (tertiary/aromatic N) is 4. The van der Waals surface area contributed by atoms with Gasteiger partial charge in [0.15, 0.2) is 0 Å². The molecule has 10 heteroatoms. The van der Waals surface area contributed by atoms with E-state index in [1.807, 2.05) is 58.8 Å². The molecule has 226 valence electrons. The normalized spacial score (nSPS) is 10.5. The fourth-order valence-corrected chi connectivity index (χ4v) is 4.44. The Hall–Kier alpha value is -4.39. The number of aryl methyl sites for hydroxylation is 1. The van der Waals surface area contributed by atoms with Crippen LogP contribution in [0.5, 0.6) is 11.5 Å². The molecule has 0 aliphatic heterocycles. The molecule has 2 heterocycles. The molecule has 0 atom stereocenters. The summed E-state index contributed by atoms with van der Waals surface area (Å²) in [6.07, 6.45) is 4.33. The molecule has 0 fully saturated rings. The summed E-state index contributed by atoms with van der Waals surface area (Å²) < 4.78 is 11.7. The number of nitrogens with one attached hydrogen (secondary N) is 2. The molecular formula is C33H39ClN6O3. The van der Waals surface area contributed by atoms with Crippen molar-refractivity contribution in [2.24, 2.45) is 0 Å². The predicted molar refractivity (Wildman–Crippen MR) is 173 cm³/mol. The number of anilines is 3. The molecule has 2 aromatic heterocycles. The lowest BCUT2D eigenvalue weighted by Gasteiger charge is -2.17. The third kappa shape index (κ3) is 9.05. The molecule has 0 bridgehead atoms. The van der Waals surface area contributed by atoms with E-state index in [0.29, 0.717) is 69.7 Å². The first-order chi connectivity index (χ1) is 20.8. The van der Waals surface area contributed by atoms with Crippen molar-refractivity contribution in [3.05, 3.63) is 76.7 Å². The predicted octanol–water partition coefficient (Wildman–Crippen LogP) is 7.49. The zero-order chi connectivity index (χ0) is 31.4. The van der Waals surface area contributed by atoms with E-state index >= 15 is 0 Å². The number of fused-ring (bicyclic) bond motifs is 1. The number of pyridine rings is 2. The Morgan fingerprint density at radius 1 is 1.09 bits per heavy atom. The number of hydrogen-bond donors (Lipinski definition) is 2. The number of halogens is 1. The van der Waals surface area contributed by atoms with Crippen LogP contribution in [0.2, 0.25) is 5.02 Å². The second-order valence-electron chi connectivity index (χ2n) is 9.73. The highest BCUT2D eigenvalue weighted by Crippen LogP contribution is 2.38. The summed E-state index contributed by atoms with van der Waals surface area (Å²) in [6, 6.07) is 14.9. The zero-order valence-electron chi connectivity index (χ0n) is 25.6. The van der Waals surface area contributed by atoms with Crippen molar-refractivity contribution in [1.29, 1.82) is 5.26 Å². The summed E-state index contributed by atoms with van der Waals surface area (Å²) in [5.74, 6) is 0.976. The van der Waals surface area contributed by atoms with Gasteiger partial charge in [0.25, 0.3) is 0 Å². The highest BCUT2D eigenvalue weighted by Gasteiger charge is 2.17. The third-order valence-corrected chi connectivity index (χ3v) is 6.68. The Morgan fingerprint density at radius 3 is 2.56 bits per heavy atom. The molecule has 0 saturated carbocycles. The average molecular weight is 603 g/mol. The second-order valence-corrected chi connectivity index (χ2v) is 10.1. The van der Waals surface area contributed by atoms with Gasteiger partial charge in [0.1, 0.15) is 24.2 Å². The molecule has 4 rings (SSSR count). The molecule has 0 aliphatic carbocycles. The van der Waals surface area contributed by atoms with Gasteiger partial charge in [-0.15, -0.1) is 0 Å². The molecular weight excluding hydrogens is 564 g/mol. The van der Waals surface area contributed by atoms with Crippen molar-refractivity contribution in [2.45, 2.75) is 47.1 Å². The smallest absolute Gasteiger partial charge is 0.224 e. The molecule has 43 heavy (non-hydrogen) atoms. The quantitative estimate of drug-likeness (QED) is 0.171. The maximum Gasteiger partial charge on any atom is 0.224 e. The summed E-state index contributed by atoms with van der Waals surface area (Å²) >= 11 is 6.64. The fraction of sp³-hybridized carbons (Fsp3) is 0.333. The molecule has 2 N–H and O–H groups in total. The Morgan fingerprint density at radius 2 is 1.88 bits per heavy atom. The number of amides is 1. The van der Waals surface area contributed by atoms with Crippen LogP contribution in [0.15, 0.2) is 54.9 Å². The van der Waals surface area contributed by atoms with E-state index in [2.05, 4.69) is 26.7 Å². The average Bonchev–Trinajstić information content (AvgIpc) is 2.99. The van der Waals surface area contributed by atoms with Crippen LogP contribution in [-0.4, -0.2) is 48.0 Å². The molecule has 4 aromatic rings. The van der Waals surface area contributed by atoms with E-state index in [1.54, 1.807) is 36.5 Å². The molecule has 0 saturated heterocycles. The largest absolute Gasteiger partial charge is 0.492 e. The van der Waals surface area contributed by atoms with Crippen LogP contribution in [0, 0.1) is 18.3 Å². The number of rotatable bonds is 12. The minimum Gasteiger partial charge on any atom is -0.492 e. The Bertz CT molecular complexity index is 1590. The van der Waals surface area contributed by atoms with E-state index in [0.717, 1.165) is 24.2 Å². The monoisotopic (exact) mass is 602 g/mol. The fourth-order valence-electron chi connectivity index (χ4n) is 4.22. The van der Waals surface area contributed by atoms with Crippen molar-refractivity contribution in [3.8, 4) is 17.6 Å². The topological polar surface area (TPSA) is 112 Å². The number of benzene rings is 2. The van der Waals surface area contributed by atoms with Gasteiger partial charge in [0, 0.05) is 36.3 Å². The van der Waals surface area contributed by atoms with Crippen LogP contribution in [0.25, 0.3) is 10.9 Å². The lowest BCUT2D eigenvalue weighted by atomic mass is 10.1. The van der Waals surface area contributed by atoms with Crippen LogP contribution in [0.3, 0.4) is 0 Å². The summed E-state index contributed by atoms with van der Waals surface area (Å²) in [4.78, 5) is 23.6. The molecule has 2 aromatic carbocycles. The first-order valence-corrected chi connectivity index (χ1v) is 14.7. The summed E-state index contributed by atoms with van der Waals surface area (Å²) in [6.45, 7) is 9.39. The van der Waals surface area contributed by atoms with Crippen molar-refractivity contribution in [3.63, 3.8) is 0 Å². The van der Waals surface area contributed by atoms with Crippen LogP contribution in [-0.2, 0) is 11.4 Å². The minimum atomic E-state index is -0.120. The third-order valence-electron chi connectivity index (χ3n) is 6.37. The van der Waals surface area contributed by atoms with Crippen LogP contribution in [0.1, 0.15) is 50.4 Å². The minimum absolute atomic E-state index is 0.120. The number of nitriles is 1. The van der Waals surface area contributed by atoms with E-state index in [-0.39, 0.29) is 5.91 Å². The van der Waals surface area contributed by atoms with Crippen molar-refractivity contribution < 1.29 is 14.3 Å². The van der Waals surface area contributed by atoms with E-state index in [9.17, 15) is 10.1 Å². The van der Waals surface area contributed by atoms with Gasteiger partial charge >= 0.3 is 0 Å². The summed E-state index contributed by atoms with van der Waals surface area (Å²) in [5.41, 5.74) is 4.42. The number of aromatic nitrogens is 2. The van der Waals surface area contributed by atoms with Gasteiger partial charge in [0.05, 0.1) is 45.5 Å². The van der Waals surface area contributed by atoms with E-state index < -0.39 is 0 Å². The summed E-state index contributed by atoms with van der Waals surface area (Å²) in [5, 5.41) is 17.2. The van der Waals surface area contributed by atoms with E-state index in [1.165, 1.54) is 6.20 Å². The number of carbonyl (C=O) groups excluding carboxylic acids is 1. The lowest BCUT2D eigenvalue weighted by Crippen LogP contribution is -2.17.